The van der Waals surface area contributed by atoms with Crippen LogP contribution in [0.1, 0.15) is 37.3 Å². The first-order valence-corrected chi connectivity index (χ1v) is 8.95. The van der Waals surface area contributed by atoms with Crippen LogP contribution < -0.4 is 16.6 Å². The van der Waals surface area contributed by atoms with Crippen LogP contribution in [-0.4, -0.2) is 22.1 Å². The van der Waals surface area contributed by atoms with Gasteiger partial charge in [0.05, 0.1) is 6.61 Å². The van der Waals surface area contributed by atoms with Crippen molar-refractivity contribution in [1.29, 1.82) is 0 Å². The number of hydrogen-bond donors (Lipinski definition) is 2. The fourth-order valence-corrected chi connectivity index (χ4v) is 3.22. The van der Waals surface area contributed by atoms with Gasteiger partial charge < -0.3 is 10.1 Å². The number of aromatic nitrogens is 2. The second kappa shape index (κ2) is 8.03. The third-order valence-electron chi connectivity index (χ3n) is 4.47. The molecular weight excluding hydrogens is 334 g/mol. The van der Waals surface area contributed by atoms with E-state index >= 15 is 0 Å². The molecule has 0 saturated heterocycles. The van der Waals surface area contributed by atoms with Crippen LogP contribution in [0.25, 0.3) is 0 Å². The number of rotatable bonds is 7. The molecule has 138 valence electrons. The summed E-state index contributed by atoms with van der Waals surface area (Å²) in [7, 11) is 0. The van der Waals surface area contributed by atoms with Gasteiger partial charge in [0, 0.05) is 24.7 Å². The predicted molar refractivity (Wildman–Crippen MR) is 98.9 cm³/mol. The second-order valence-electron chi connectivity index (χ2n) is 6.35. The zero-order chi connectivity index (χ0) is 18.5. The third-order valence-corrected chi connectivity index (χ3v) is 4.47. The number of esters is 1. The lowest BCUT2D eigenvalue weighted by Crippen LogP contribution is -2.35. The maximum absolute atomic E-state index is 12.2. The van der Waals surface area contributed by atoms with Crippen molar-refractivity contribution in [3.63, 3.8) is 0 Å². The average Bonchev–Trinajstić information content (AvgIpc) is 3.05. The summed E-state index contributed by atoms with van der Waals surface area (Å²) in [5.41, 5.74) is 2.62. The summed E-state index contributed by atoms with van der Waals surface area (Å²) in [5.74, 6) is 0.0338. The van der Waals surface area contributed by atoms with Crippen LogP contribution in [0.2, 0.25) is 0 Å². The van der Waals surface area contributed by atoms with Crippen molar-refractivity contribution in [3.8, 4) is 0 Å². The van der Waals surface area contributed by atoms with Crippen LogP contribution in [0.4, 0.5) is 11.5 Å². The number of anilines is 2. The first kappa shape index (κ1) is 18.0. The Bertz CT molecular complexity index is 882. The monoisotopic (exact) mass is 357 g/mol. The molecule has 3 rings (SSSR count). The lowest BCUT2D eigenvalue weighted by molar-refractivity contribution is -0.143. The van der Waals surface area contributed by atoms with Gasteiger partial charge in [-0.05, 0) is 55.9 Å². The van der Waals surface area contributed by atoms with Crippen molar-refractivity contribution in [2.45, 2.75) is 45.6 Å². The lowest BCUT2D eigenvalue weighted by atomic mass is 10.1. The molecule has 1 aliphatic carbocycles. The smallest absolute Gasteiger partial charge is 0.329 e. The molecule has 0 amide bonds. The van der Waals surface area contributed by atoms with Gasteiger partial charge >= 0.3 is 11.7 Å². The molecule has 0 radical (unpaired) electrons. The molecule has 2 aromatic rings. The van der Waals surface area contributed by atoms with E-state index in [-0.39, 0.29) is 18.9 Å². The lowest BCUT2D eigenvalue weighted by Gasteiger charge is -2.10. The van der Waals surface area contributed by atoms with E-state index in [0.717, 1.165) is 29.5 Å². The van der Waals surface area contributed by atoms with Crippen LogP contribution in [0.3, 0.4) is 0 Å². The molecule has 26 heavy (non-hydrogen) atoms. The average molecular weight is 357 g/mol. The normalized spacial score (nSPS) is 12.7. The van der Waals surface area contributed by atoms with Crippen molar-refractivity contribution < 1.29 is 9.53 Å². The summed E-state index contributed by atoms with van der Waals surface area (Å²) < 4.78 is 5.93. The van der Waals surface area contributed by atoms with Gasteiger partial charge in [-0.25, -0.2) is 4.79 Å². The van der Waals surface area contributed by atoms with Crippen molar-refractivity contribution in [2.75, 3.05) is 11.9 Å². The van der Waals surface area contributed by atoms with E-state index in [1.54, 1.807) is 6.92 Å². The number of aromatic amines is 1. The Balaban J connectivity index is 1.68. The van der Waals surface area contributed by atoms with Gasteiger partial charge in [-0.3, -0.25) is 19.1 Å². The summed E-state index contributed by atoms with van der Waals surface area (Å²) in [6.45, 7) is 2.23. The van der Waals surface area contributed by atoms with Crippen LogP contribution in [0, 0.1) is 0 Å². The molecule has 1 heterocycles. The van der Waals surface area contributed by atoms with Crippen LogP contribution in [0.15, 0.2) is 33.9 Å². The van der Waals surface area contributed by atoms with Gasteiger partial charge in [0.2, 0.25) is 0 Å². The van der Waals surface area contributed by atoms with Crippen molar-refractivity contribution in [3.05, 3.63) is 56.2 Å². The number of carbonyl (C=O) groups excluding carboxylic acids is 1. The van der Waals surface area contributed by atoms with Gasteiger partial charge in [-0.1, -0.05) is 6.07 Å². The van der Waals surface area contributed by atoms with Crippen LogP contribution in [0.5, 0.6) is 0 Å². The SMILES string of the molecule is CCOC(=O)CCCn1c(=O)cc(Nc2ccc3c(c2)CCC3)[nH]c1=O. The highest BCUT2D eigenvalue weighted by Gasteiger charge is 2.11. The number of fused-ring (bicyclic) bond motifs is 1. The highest BCUT2D eigenvalue weighted by Crippen LogP contribution is 2.25. The first-order valence-electron chi connectivity index (χ1n) is 8.95. The van der Waals surface area contributed by atoms with Crippen LogP contribution in [-0.2, 0) is 28.9 Å². The maximum Gasteiger partial charge on any atom is 0.329 e. The van der Waals surface area contributed by atoms with Crippen molar-refractivity contribution in [1.82, 2.24) is 9.55 Å². The van der Waals surface area contributed by atoms with Gasteiger partial charge in [-0.15, -0.1) is 0 Å². The van der Waals surface area contributed by atoms with E-state index in [9.17, 15) is 14.4 Å². The molecule has 7 nitrogen and oxygen atoms in total. The third kappa shape index (κ3) is 4.22. The topological polar surface area (TPSA) is 93.2 Å². The zero-order valence-corrected chi connectivity index (χ0v) is 14.8. The Labute approximate surface area is 151 Å². The zero-order valence-electron chi connectivity index (χ0n) is 14.8. The number of hydrogen-bond acceptors (Lipinski definition) is 5. The van der Waals surface area contributed by atoms with E-state index < -0.39 is 11.2 Å². The first-order chi connectivity index (χ1) is 12.6. The van der Waals surface area contributed by atoms with E-state index in [1.165, 1.54) is 17.2 Å². The van der Waals surface area contributed by atoms with E-state index in [0.29, 0.717) is 18.8 Å². The number of benzene rings is 1. The van der Waals surface area contributed by atoms with Crippen molar-refractivity contribution in [2.24, 2.45) is 0 Å². The van der Waals surface area contributed by atoms with Gasteiger partial charge in [-0.2, -0.15) is 0 Å². The highest BCUT2D eigenvalue weighted by molar-refractivity contribution is 5.69. The molecule has 0 fully saturated rings. The van der Waals surface area contributed by atoms with Gasteiger partial charge in [0.15, 0.2) is 0 Å². The Morgan fingerprint density at radius 3 is 2.81 bits per heavy atom. The Hall–Kier alpha value is -2.83. The molecule has 2 N–H and O–H groups in total. The number of carbonyl (C=O) groups is 1. The number of nitrogens with one attached hydrogen (secondary N) is 2. The largest absolute Gasteiger partial charge is 0.466 e. The molecule has 7 heteroatoms. The number of H-pyrrole nitrogens is 1. The van der Waals surface area contributed by atoms with E-state index in [1.807, 2.05) is 6.07 Å². The minimum atomic E-state index is -0.495. The molecule has 0 bridgehead atoms. The molecule has 1 aliphatic rings. The molecule has 0 aliphatic heterocycles. The van der Waals surface area contributed by atoms with Crippen molar-refractivity contribution >= 4 is 17.5 Å². The Morgan fingerprint density at radius 1 is 1.23 bits per heavy atom. The standard InChI is InChI=1S/C19H23N3O4/c1-2-26-18(24)7-4-10-22-17(23)12-16(21-19(22)25)20-15-9-8-13-5-3-6-14(13)11-15/h8-9,11-12,20H,2-7,10H2,1H3,(H,21,25). The predicted octanol–water partition coefficient (Wildman–Crippen LogP) is 2.11. The Morgan fingerprint density at radius 2 is 2.04 bits per heavy atom. The van der Waals surface area contributed by atoms with Gasteiger partial charge in [0.1, 0.15) is 5.82 Å². The number of aryl methyl sites for hydroxylation is 2. The maximum atomic E-state index is 12.2. The number of ether oxygens (including phenoxy) is 1. The summed E-state index contributed by atoms with van der Waals surface area (Å²) in [5, 5.41) is 3.09. The molecular formula is C19H23N3O4. The highest BCUT2D eigenvalue weighted by atomic mass is 16.5. The molecule has 1 aromatic heterocycles. The number of nitrogens with zero attached hydrogens (tertiary/aromatic N) is 1. The molecule has 0 unspecified atom stereocenters. The molecule has 0 saturated carbocycles. The minimum absolute atomic E-state index is 0.173. The van der Waals surface area contributed by atoms with E-state index in [4.69, 9.17) is 4.74 Å². The summed E-state index contributed by atoms with van der Waals surface area (Å²) in [4.78, 5) is 38.4. The molecule has 0 spiro atoms. The fourth-order valence-electron chi connectivity index (χ4n) is 3.22. The second-order valence-corrected chi connectivity index (χ2v) is 6.35. The van der Waals surface area contributed by atoms with E-state index in [2.05, 4.69) is 22.4 Å². The summed E-state index contributed by atoms with van der Waals surface area (Å²) >= 11 is 0. The Kier molecular flexibility index (Phi) is 5.55. The summed E-state index contributed by atoms with van der Waals surface area (Å²) in [6, 6.07) is 7.46. The van der Waals surface area contributed by atoms with Crippen LogP contribution >= 0.6 is 0 Å². The fraction of sp³-hybridized carbons (Fsp3) is 0.421. The molecule has 0 atom stereocenters. The minimum Gasteiger partial charge on any atom is -0.466 e. The quantitative estimate of drug-likeness (QED) is 0.741. The molecule has 1 aromatic carbocycles. The van der Waals surface area contributed by atoms with Gasteiger partial charge in [0.25, 0.3) is 5.56 Å². The summed E-state index contributed by atoms with van der Waals surface area (Å²) in [6.07, 6.45) is 3.88.